The van der Waals surface area contributed by atoms with Crippen molar-refractivity contribution in [3.8, 4) is 0 Å². The van der Waals surface area contributed by atoms with Crippen molar-refractivity contribution >= 4 is 5.91 Å². The zero-order valence-corrected chi connectivity index (χ0v) is 10.1. The Bertz CT molecular complexity index is 370. The molecule has 2 heterocycles. The van der Waals surface area contributed by atoms with E-state index in [9.17, 15) is 4.79 Å². The third-order valence-corrected chi connectivity index (χ3v) is 3.17. The summed E-state index contributed by atoms with van der Waals surface area (Å²) in [5.74, 6) is 1.10. The Labute approximate surface area is 101 Å². The number of aromatic nitrogens is 3. The highest BCUT2D eigenvalue weighted by atomic mass is 16.1. The molecule has 6 heteroatoms. The van der Waals surface area contributed by atoms with Gasteiger partial charge in [0.05, 0.1) is 6.54 Å². The van der Waals surface area contributed by atoms with Crippen LogP contribution in [0.15, 0.2) is 6.33 Å². The molecule has 2 rings (SSSR count). The van der Waals surface area contributed by atoms with Crippen LogP contribution in [0.3, 0.4) is 0 Å². The number of aryl methyl sites for hydroxylation is 1. The van der Waals surface area contributed by atoms with Crippen LogP contribution in [0.25, 0.3) is 0 Å². The summed E-state index contributed by atoms with van der Waals surface area (Å²) in [5, 5.41) is 14.0. The van der Waals surface area contributed by atoms with Gasteiger partial charge in [-0.05, 0) is 32.9 Å². The van der Waals surface area contributed by atoms with Crippen LogP contribution in [0.1, 0.15) is 25.6 Å². The minimum atomic E-state index is 0.136. The van der Waals surface area contributed by atoms with Crippen molar-refractivity contribution in [2.45, 2.75) is 32.9 Å². The molecule has 0 saturated carbocycles. The summed E-state index contributed by atoms with van der Waals surface area (Å²) in [6.45, 7) is 5.19. The highest BCUT2D eigenvalue weighted by Crippen LogP contribution is 2.11. The van der Waals surface area contributed by atoms with Crippen molar-refractivity contribution in [1.29, 1.82) is 0 Å². The second-order valence-electron chi connectivity index (χ2n) is 4.28. The molecule has 2 N–H and O–H groups in total. The Hall–Kier alpha value is -1.43. The molecule has 1 saturated heterocycles. The van der Waals surface area contributed by atoms with Crippen LogP contribution in [-0.2, 0) is 17.9 Å². The SMILES string of the molecule is CCn1cnnc1CNC(=O)C1CCNCC1. The highest BCUT2D eigenvalue weighted by molar-refractivity contribution is 5.78. The maximum absolute atomic E-state index is 11.9. The zero-order chi connectivity index (χ0) is 12.1. The molecule has 17 heavy (non-hydrogen) atoms. The maximum atomic E-state index is 11.9. The minimum Gasteiger partial charge on any atom is -0.349 e. The molecule has 1 amide bonds. The van der Waals surface area contributed by atoms with E-state index in [2.05, 4.69) is 20.8 Å². The molecule has 1 aliphatic rings. The molecule has 1 aliphatic heterocycles. The molecular formula is C11H19N5O. The van der Waals surface area contributed by atoms with Gasteiger partial charge >= 0.3 is 0 Å². The van der Waals surface area contributed by atoms with Gasteiger partial charge in [-0.25, -0.2) is 0 Å². The van der Waals surface area contributed by atoms with E-state index in [1.54, 1.807) is 6.33 Å². The third-order valence-electron chi connectivity index (χ3n) is 3.17. The van der Waals surface area contributed by atoms with E-state index < -0.39 is 0 Å². The number of hydrogen-bond donors (Lipinski definition) is 2. The average molecular weight is 237 g/mol. The summed E-state index contributed by atoms with van der Waals surface area (Å²) in [6, 6.07) is 0. The van der Waals surface area contributed by atoms with Crippen molar-refractivity contribution in [2.24, 2.45) is 5.92 Å². The molecule has 0 spiro atoms. The van der Waals surface area contributed by atoms with Crippen molar-refractivity contribution in [1.82, 2.24) is 25.4 Å². The van der Waals surface area contributed by atoms with Gasteiger partial charge in [-0.1, -0.05) is 0 Å². The predicted molar refractivity (Wildman–Crippen MR) is 63.1 cm³/mol. The first-order valence-corrected chi connectivity index (χ1v) is 6.16. The normalized spacial score (nSPS) is 17.0. The molecule has 0 radical (unpaired) electrons. The Balaban J connectivity index is 1.83. The Kier molecular flexibility index (Phi) is 4.08. The smallest absolute Gasteiger partial charge is 0.223 e. The van der Waals surface area contributed by atoms with Gasteiger partial charge in [0.15, 0.2) is 5.82 Å². The number of nitrogens with one attached hydrogen (secondary N) is 2. The van der Waals surface area contributed by atoms with Gasteiger partial charge < -0.3 is 15.2 Å². The first kappa shape index (κ1) is 12.0. The summed E-state index contributed by atoms with van der Waals surface area (Å²) in [6.07, 6.45) is 3.53. The number of nitrogens with zero attached hydrogens (tertiary/aromatic N) is 3. The molecule has 94 valence electrons. The van der Waals surface area contributed by atoms with Gasteiger partial charge in [-0.2, -0.15) is 0 Å². The average Bonchev–Trinajstić information content (AvgIpc) is 2.84. The maximum Gasteiger partial charge on any atom is 0.223 e. The van der Waals surface area contributed by atoms with Crippen molar-refractivity contribution in [3.63, 3.8) is 0 Å². The lowest BCUT2D eigenvalue weighted by Gasteiger charge is -2.21. The zero-order valence-electron chi connectivity index (χ0n) is 10.1. The number of hydrogen-bond acceptors (Lipinski definition) is 4. The summed E-state index contributed by atoms with van der Waals surface area (Å²) in [5.41, 5.74) is 0. The van der Waals surface area contributed by atoms with Gasteiger partial charge in [-0.15, -0.1) is 10.2 Å². The van der Waals surface area contributed by atoms with Crippen LogP contribution in [0, 0.1) is 5.92 Å². The van der Waals surface area contributed by atoms with Crippen molar-refractivity contribution < 1.29 is 4.79 Å². The Morgan fingerprint density at radius 1 is 1.59 bits per heavy atom. The standard InChI is InChI=1S/C11H19N5O/c1-2-16-8-14-15-10(16)7-13-11(17)9-3-5-12-6-4-9/h8-9,12H,2-7H2,1H3,(H,13,17). The highest BCUT2D eigenvalue weighted by Gasteiger charge is 2.20. The predicted octanol–water partition coefficient (Wildman–Crippen LogP) is -0.0862. The van der Waals surface area contributed by atoms with Crippen molar-refractivity contribution in [2.75, 3.05) is 13.1 Å². The fourth-order valence-corrected chi connectivity index (χ4v) is 2.07. The monoisotopic (exact) mass is 237 g/mol. The molecule has 1 fully saturated rings. The fraction of sp³-hybridized carbons (Fsp3) is 0.727. The van der Waals surface area contributed by atoms with Crippen LogP contribution in [0.2, 0.25) is 0 Å². The molecule has 0 aromatic carbocycles. The van der Waals surface area contributed by atoms with Crippen LogP contribution in [0.5, 0.6) is 0 Å². The van der Waals surface area contributed by atoms with E-state index in [-0.39, 0.29) is 11.8 Å². The van der Waals surface area contributed by atoms with Gasteiger partial charge in [0.1, 0.15) is 6.33 Å². The molecule has 0 unspecified atom stereocenters. The topological polar surface area (TPSA) is 71.8 Å². The molecule has 0 aliphatic carbocycles. The summed E-state index contributed by atoms with van der Waals surface area (Å²) in [4.78, 5) is 11.9. The van der Waals surface area contributed by atoms with Crippen LogP contribution < -0.4 is 10.6 Å². The molecule has 0 atom stereocenters. The largest absolute Gasteiger partial charge is 0.349 e. The lowest BCUT2D eigenvalue weighted by Crippen LogP contribution is -2.38. The molecule has 0 bridgehead atoms. The number of carbonyl (C=O) groups excluding carboxylic acids is 1. The van der Waals surface area contributed by atoms with E-state index in [0.717, 1.165) is 38.3 Å². The number of piperidine rings is 1. The number of carbonyl (C=O) groups is 1. The van der Waals surface area contributed by atoms with Gasteiger partial charge in [-0.3, -0.25) is 4.79 Å². The van der Waals surface area contributed by atoms with Crippen LogP contribution in [-0.4, -0.2) is 33.8 Å². The second-order valence-corrected chi connectivity index (χ2v) is 4.28. The fourth-order valence-electron chi connectivity index (χ4n) is 2.07. The second kappa shape index (κ2) is 5.77. The van der Waals surface area contributed by atoms with Crippen LogP contribution >= 0.6 is 0 Å². The summed E-state index contributed by atoms with van der Waals surface area (Å²) >= 11 is 0. The number of amides is 1. The van der Waals surface area contributed by atoms with Gasteiger partial charge in [0, 0.05) is 12.5 Å². The van der Waals surface area contributed by atoms with E-state index in [0.29, 0.717) is 6.54 Å². The Morgan fingerprint density at radius 3 is 3.06 bits per heavy atom. The van der Waals surface area contributed by atoms with E-state index in [1.807, 2.05) is 11.5 Å². The first-order chi connectivity index (χ1) is 8.31. The first-order valence-electron chi connectivity index (χ1n) is 6.16. The minimum absolute atomic E-state index is 0.136. The van der Waals surface area contributed by atoms with Gasteiger partial charge in [0.25, 0.3) is 0 Å². The quantitative estimate of drug-likeness (QED) is 0.768. The molecule has 1 aromatic heterocycles. The lowest BCUT2D eigenvalue weighted by atomic mass is 9.97. The van der Waals surface area contributed by atoms with Crippen LogP contribution in [0.4, 0.5) is 0 Å². The van der Waals surface area contributed by atoms with E-state index >= 15 is 0 Å². The third kappa shape index (κ3) is 3.03. The van der Waals surface area contributed by atoms with Gasteiger partial charge in [0.2, 0.25) is 5.91 Å². The summed E-state index contributed by atoms with van der Waals surface area (Å²) in [7, 11) is 0. The van der Waals surface area contributed by atoms with Crippen molar-refractivity contribution in [3.05, 3.63) is 12.2 Å². The van der Waals surface area contributed by atoms with E-state index in [4.69, 9.17) is 0 Å². The lowest BCUT2D eigenvalue weighted by molar-refractivity contribution is -0.125. The number of rotatable bonds is 4. The molecule has 1 aromatic rings. The van der Waals surface area contributed by atoms with E-state index in [1.165, 1.54) is 0 Å². The summed E-state index contributed by atoms with van der Waals surface area (Å²) < 4.78 is 1.93. The molecular weight excluding hydrogens is 218 g/mol. The Morgan fingerprint density at radius 2 is 2.35 bits per heavy atom. The molecule has 6 nitrogen and oxygen atoms in total.